The van der Waals surface area contributed by atoms with E-state index in [1.54, 1.807) is 0 Å². The Hall–Kier alpha value is -0.610. The summed E-state index contributed by atoms with van der Waals surface area (Å²) in [6, 6.07) is -0.0583. The maximum absolute atomic E-state index is 12.3. The average molecular weight is 282 g/mol. The van der Waals surface area contributed by atoms with Gasteiger partial charge in [0.1, 0.15) is 0 Å². The molecule has 1 heterocycles. The highest BCUT2D eigenvalue weighted by atomic mass is 16.5. The summed E-state index contributed by atoms with van der Waals surface area (Å²) in [4.78, 5) is 14.2. The van der Waals surface area contributed by atoms with Crippen LogP contribution in [0.25, 0.3) is 0 Å². The highest BCUT2D eigenvalue weighted by Crippen LogP contribution is 2.30. The number of ether oxygens (including phenoxy) is 1. The topological polar surface area (TPSA) is 41.6 Å². The van der Waals surface area contributed by atoms with E-state index in [4.69, 9.17) is 4.74 Å². The van der Waals surface area contributed by atoms with Gasteiger partial charge in [-0.15, -0.1) is 0 Å². The van der Waals surface area contributed by atoms with E-state index in [2.05, 4.69) is 12.2 Å². The SMILES string of the molecule is CCC1CCC(CNC(C)C(=O)N2CCOCC2)CC1. The van der Waals surface area contributed by atoms with Gasteiger partial charge < -0.3 is 15.0 Å². The Bertz CT molecular complexity index is 295. The van der Waals surface area contributed by atoms with Crippen LogP contribution in [0.1, 0.15) is 46.0 Å². The summed E-state index contributed by atoms with van der Waals surface area (Å²) in [6.45, 7) is 8.13. The van der Waals surface area contributed by atoms with Crippen molar-refractivity contribution < 1.29 is 9.53 Å². The molecule has 1 saturated carbocycles. The zero-order valence-corrected chi connectivity index (χ0v) is 13.1. The van der Waals surface area contributed by atoms with Crippen molar-refractivity contribution in [3.63, 3.8) is 0 Å². The first-order valence-corrected chi connectivity index (χ1v) is 8.30. The van der Waals surface area contributed by atoms with Crippen molar-refractivity contribution in [2.45, 2.75) is 52.0 Å². The van der Waals surface area contributed by atoms with Crippen molar-refractivity contribution in [1.82, 2.24) is 10.2 Å². The van der Waals surface area contributed by atoms with Gasteiger partial charge in [0.25, 0.3) is 0 Å². The van der Waals surface area contributed by atoms with Gasteiger partial charge in [0.2, 0.25) is 5.91 Å². The molecule has 4 nitrogen and oxygen atoms in total. The van der Waals surface area contributed by atoms with E-state index in [1.165, 1.54) is 32.1 Å². The van der Waals surface area contributed by atoms with E-state index in [1.807, 2.05) is 11.8 Å². The smallest absolute Gasteiger partial charge is 0.239 e. The molecule has 1 saturated heterocycles. The molecular formula is C16H30N2O2. The molecule has 1 amide bonds. The monoisotopic (exact) mass is 282 g/mol. The van der Waals surface area contributed by atoms with Crippen LogP contribution >= 0.6 is 0 Å². The second-order valence-electron chi connectivity index (χ2n) is 6.36. The van der Waals surface area contributed by atoms with Crippen LogP contribution in [-0.2, 0) is 9.53 Å². The van der Waals surface area contributed by atoms with Crippen LogP contribution < -0.4 is 5.32 Å². The molecule has 2 fully saturated rings. The Morgan fingerprint density at radius 3 is 2.40 bits per heavy atom. The molecule has 1 N–H and O–H groups in total. The Morgan fingerprint density at radius 1 is 1.20 bits per heavy atom. The summed E-state index contributed by atoms with van der Waals surface area (Å²) < 4.78 is 5.29. The van der Waals surface area contributed by atoms with Gasteiger partial charge in [0.15, 0.2) is 0 Å². The van der Waals surface area contributed by atoms with E-state index < -0.39 is 0 Å². The summed E-state index contributed by atoms with van der Waals surface area (Å²) in [6.07, 6.45) is 6.71. The number of morpholine rings is 1. The molecule has 116 valence electrons. The number of hydrogen-bond donors (Lipinski definition) is 1. The minimum Gasteiger partial charge on any atom is -0.378 e. The summed E-state index contributed by atoms with van der Waals surface area (Å²) in [7, 11) is 0. The molecule has 0 bridgehead atoms. The summed E-state index contributed by atoms with van der Waals surface area (Å²) in [5.74, 6) is 1.94. The highest BCUT2D eigenvalue weighted by molar-refractivity contribution is 5.81. The molecule has 0 radical (unpaired) electrons. The molecule has 0 aromatic rings. The van der Waals surface area contributed by atoms with Gasteiger partial charge in [-0.1, -0.05) is 26.2 Å². The fourth-order valence-corrected chi connectivity index (χ4v) is 3.33. The predicted molar refractivity (Wildman–Crippen MR) is 80.6 cm³/mol. The minimum absolute atomic E-state index is 0.0583. The number of nitrogens with one attached hydrogen (secondary N) is 1. The van der Waals surface area contributed by atoms with Crippen molar-refractivity contribution in [3.05, 3.63) is 0 Å². The number of hydrogen-bond acceptors (Lipinski definition) is 3. The molecule has 4 heteroatoms. The van der Waals surface area contributed by atoms with Crippen molar-refractivity contribution in [1.29, 1.82) is 0 Å². The first kappa shape index (κ1) is 15.8. The lowest BCUT2D eigenvalue weighted by molar-refractivity contribution is -0.137. The Morgan fingerprint density at radius 2 is 1.80 bits per heavy atom. The van der Waals surface area contributed by atoms with Gasteiger partial charge in [-0.05, 0) is 38.1 Å². The van der Waals surface area contributed by atoms with Crippen LogP contribution in [0.2, 0.25) is 0 Å². The first-order chi connectivity index (χ1) is 9.70. The van der Waals surface area contributed by atoms with Crippen LogP contribution in [0.4, 0.5) is 0 Å². The lowest BCUT2D eigenvalue weighted by Gasteiger charge is -2.31. The van der Waals surface area contributed by atoms with Gasteiger partial charge >= 0.3 is 0 Å². The second kappa shape index (κ2) is 7.99. The maximum Gasteiger partial charge on any atom is 0.239 e. The quantitative estimate of drug-likeness (QED) is 0.839. The van der Waals surface area contributed by atoms with Crippen LogP contribution in [0, 0.1) is 11.8 Å². The van der Waals surface area contributed by atoms with Crippen LogP contribution in [-0.4, -0.2) is 49.7 Å². The minimum atomic E-state index is -0.0583. The van der Waals surface area contributed by atoms with E-state index in [0.29, 0.717) is 13.2 Å². The van der Waals surface area contributed by atoms with E-state index in [0.717, 1.165) is 31.5 Å². The number of carbonyl (C=O) groups is 1. The summed E-state index contributed by atoms with van der Waals surface area (Å²) in [5, 5.41) is 3.45. The maximum atomic E-state index is 12.3. The van der Waals surface area contributed by atoms with Crippen LogP contribution in [0.3, 0.4) is 0 Å². The molecule has 0 aromatic heterocycles. The zero-order chi connectivity index (χ0) is 14.4. The Labute approximate surface area is 123 Å². The molecule has 1 unspecified atom stereocenters. The van der Waals surface area contributed by atoms with Gasteiger partial charge in [-0.3, -0.25) is 4.79 Å². The fourth-order valence-electron chi connectivity index (χ4n) is 3.33. The molecule has 20 heavy (non-hydrogen) atoms. The molecule has 1 aliphatic carbocycles. The third-order valence-corrected chi connectivity index (χ3v) is 4.95. The molecule has 2 rings (SSSR count). The molecule has 1 atom stereocenters. The first-order valence-electron chi connectivity index (χ1n) is 8.30. The third kappa shape index (κ3) is 4.45. The Kier molecular flexibility index (Phi) is 6.30. The van der Waals surface area contributed by atoms with Crippen LogP contribution in [0.5, 0.6) is 0 Å². The third-order valence-electron chi connectivity index (χ3n) is 4.95. The number of amides is 1. The van der Waals surface area contributed by atoms with Gasteiger partial charge in [-0.25, -0.2) is 0 Å². The largest absolute Gasteiger partial charge is 0.378 e. The highest BCUT2D eigenvalue weighted by Gasteiger charge is 2.24. The fraction of sp³-hybridized carbons (Fsp3) is 0.938. The number of rotatable bonds is 5. The lowest BCUT2D eigenvalue weighted by Crippen LogP contribution is -2.50. The van der Waals surface area contributed by atoms with Gasteiger partial charge in [0.05, 0.1) is 19.3 Å². The number of nitrogens with zero attached hydrogens (tertiary/aromatic N) is 1. The molecule has 2 aliphatic rings. The van der Waals surface area contributed by atoms with Crippen molar-refractivity contribution >= 4 is 5.91 Å². The lowest BCUT2D eigenvalue weighted by atomic mass is 9.81. The van der Waals surface area contributed by atoms with E-state index in [9.17, 15) is 4.79 Å². The van der Waals surface area contributed by atoms with Crippen molar-refractivity contribution in [2.24, 2.45) is 11.8 Å². The van der Waals surface area contributed by atoms with Crippen molar-refractivity contribution in [3.8, 4) is 0 Å². The Balaban J connectivity index is 1.66. The van der Waals surface area contributed by atoms with Crippen LogP contribution in [0.15, 0.2) is 0 Å². The summed E-state index contributed by atoms with van der Waals surface area (Å²) >= 11 is 0. The van der Waals surface area contributed by atoms with Gasteiger partial charge in [-0.2, -0.15) is 0 Å². The predicted octanol–water partition coefficient (Wildman–Crippen LogP) is 2.04. The zero-order valence-electron chi connectivity index (χ0n) is 13.1. The number of carbonyl (C=O) groups excluding carboxylic acids is 1. The second-order valence-corrected chi connectivity index (χ2v) is 6.36. The average Bonchev–Trinajstić information content (AvgIpc) is 2.53. The van der Waals surface area contributed by atoms with E-state index in [-0.39, 0.29) is 11.9 Å². The summed E-state index contributed by atoms with van der Waals surface area (Å²) in [5.41, 5.74) is 0. The molecule has 0 aromatic carbocycles. The molecule has 1 aliphatic heterocycles. The molecular weight excluding hydrogens is 252 g/mol. The van der Waals surface area contributed by atoms with E-state index >= 15 is 0 Å². The van der Waals surface area contributed by atoms with Crippen molar-refractivity contribution in [2.75, 3.05) is 32.8 Å². The van der Waals surface area contributed by atoms with Gasteiger partial charge in [0, 0.05) is 13.1 Å². The standard InChI is InChI=1S/C16H30N2O2/c1-3-14-4-6-15(7-5-14)12-17-13(2)16(19)18-8-10-20-11-9-18/h13-15,17H,3-12H2,1-2H3. The normalized spacial score (nSPS) is 29.2. The molecule has 0 spiro atoms.